The predicted molar refractivity (Wildman–Crippen MR) is 70.3 cm³/mol. The van der Waals surface area contributed by atoms with Gasteiger partial charge in [0.25, 0.3) is 0 Å². The Morgan fingerprint density at radius 2 is 1.89 bits per heavy atom. The van der Waals surface area contributed by atoms with Gasteiger partial charge in [0.1, 0.15) is 5.82 Å². The number of aromatic nitrogens is 1. The molecule has 0 saturated heterocycles. The van der Waals surface area contributed by atoms with E-state index in [1.807, 2.05) is 6.92 Å². The molecule has 0 aliphatic rings. The van der Waals surface area contributed by atoms with Gasteiger partial charge in [-0.1, -0.05) is 12.1 Å². The maximum atomic E-state index is 13.6. The Kier molecular flexibility index (Phi) is 3.91. The van der Waals surface area contributed by atoms with E-state index in [1.165, 1.54) is 24.4 Å². The zero-order valence-electron chi connectivity index (χ0n) is 9.62. The first-order valence-corrected chi connectivity index (χ1v) is 6.18. The number of nitrogens with zero attached hydrogens (tertiary/aromatic N) is 1. The van der Waals surface area contributed by atoms with E-state index in [2.05, 4.69) is 26.2 Å². The van der Waals surface area contributed by atoms with Gasteiger partial charge in [-0.2, -0.15) is 0 Å². The van der Waals surface area contributed by atoms with Crippen LogP contribution < -0.4 is 5.32 Å². The third kappa shape index (κ3) is 3.04. The lowest BCUT2D eigenvalue weighted by molar-refractivity contribution is 0.618. The lowest BCUT2D eigenvalue weighted by Crippen LogP contribution is -2.09. The SMILES string of the molecule is CC(Nc1ncc(Br)cc1F)c1ccc(F)cc1. The quantitative estimate of drug-likeness (QED) is 0.914. The molecule has 18 heavy (non-hydrogen) atoms. The summed E-state index contributed by atoms with van der Waals surface area (Å²) in [5.74, 6) is -0.549. The van der Waals surface area contributed by atoms with E-state index in [0.717, 1.165) is 5.56 Å². The Labute approximate surface area is 112 Å². The summed E-state index contributed by atoms with van der Waals surface area (Å²) < 4.78 is 26.9. The molecule has 1 atom stereocenters. The second kappa shape index (κ2) is 5.44. The van der Waals surface area contributed by atoms with E-state index in [1.54, 1.807) is 12.1 Å². The zero-order chi connectivity index (χ0) is 13.1. The largest absolute Gasteiger partial charge is 0.361 e. The van der Waals surface area contributed by atoms with Crippen LogP contribution >= 0.6 is 15.9 Å². The molecule has 1 aromatic heterocycles. The summed E-state index contributed by atoms with van der Waals surface area (Å²) >= 11 is 3.14. The highest BCUT2D eigenvalue weighted by atomic mass is 79.9. The molecule has 0 aliphatic heterocycles. The molecular formula is C13H11BrF2N2. The Balaban J connectivity index is 2.15. The molecule has 2 rings (SSSR count). The fourth-order valence-corrected chi connectivity index (χ4v) is 1.86. The van der Waals surface area contributed by atoms with Gasteiger partial charge in [-0.25, -0.2) is 13.8 Å². The number of nitrogens with one attached hydrogen (secondary N) is 1. The molecule has 2 nitrogen and oxygen atoms in total. The summed E-state index contributed by atoms with van der Waals surface area (Å²) in [5.41, 5.74) is 0.862. The molecule has 94 valence electrons. The highest BCUT2D eigenvalue weighted by Crippen LogP contribution is 2.22. The van der Waals surface area contributed by atoms with Gasteiger partial charge in [-0.3, -0.25) is 0 Å². The van der Waals surface area contributed by atoms with Crippen LogP contribution in [-0.4, -0.2) is 4.98 Å². The standard InChI is InChI=1S/C13H11BrF2N2/c1-8(9-2-4-11(15)5-3-9)18-13-12(16)6-10(14)7-17-13/h2-8H,1H3,(H,17,18). The summed E-state index contributed by atoms with van der Waals surface area (Å²) in [6, 6.07) is 7.24. The van der Waals surface area contributed by atoms with Crippen molar-refractivity contribution in [1.82, 2.24) is 4.98 Å². The minimum atomic E-state index is -0.432. The number of benzene rings is 1. The van der Waals surface area contributed by atoms with Crippen molar-refractivity contribution in [3.63, 3.8) is 0 Å². The van der Waals surface area contributed by atoms with Gasteiger partial charge in [0.2, 0.25) is 0 Å². The van der Waals surface area contributed by atoms with Crippen LogP contribution in [0.3, 0.4) is 0 Å². The van der Waals surface area contributed by atoms with E-state index in [9.17, 15) is 8.78 Å². The number of halogens is 3. The van der Waals surface area contributed by atoms with Crippen molar-refractivity contribution in [2.24, 2.45) is 0 Å². The van der Waals surface area contributed by atoms with Gasteiger partial charge in [0.05, 0.1) is 6.04 Å². The molecule has 1 heterocycles. The van der Waals surface area contributed by atoms with Crippen LogP contribution in [0.2, 0.25) is 0 Å². The molecular weight excluding hydrogens is 302 g/mol. The predicted octanol–water partition coefficient (Wildman–Crippen LogP) is 4.30. The summed E-state index contributed by atoms with van der Waals surface area (Å²) in [4.78, 5) is 3.95. The molecule has 1 N–H and O–H groups in total. The zero-order valence-corrected chi connectivity index (χ0v) is 11.2. The third-order valence-corrected chi connectivity index (χ3v) is 2.96. The molecule has 0 amide bonds. The molecule has 0 saturated carbocycles. The lowest BCUT2D eigenvalue weighted by Gasteiger charge is -2.15. The maximum Gasteiger partial charge on any atom is 0.166 e. The summed E-state index contributed by atoms with van der Waals surface area (Å²) in [6.07, 6.45) is 1.52. The van der Waals surface area contributed by atoms with Crippen LogP contribution in [-0.2, 0) is 0 Å². The van der Waals surface area contributed by atoms with Crippen LogP contribution in [0.25, 0.3) is 0 Å². The smallest absolute Gasteiger partial charge is 0.166 e. The average Bonchev–Trinajstić information content (AvgIpc) is 2.33. The minimum Gasteiger partial charge on any atom is -0.361 e. The first kappa shape index (κ1) is 13.0. The summed E-state index contributed by atoms with van der Waals surface area (Å²) in [5, 5.41) is 2.94. The fraction of sp³-hybridized carbons (Fsp3) is 0.154. The second-order valence-electron chi connectivity index (χ2n) is 3.90. The topological polar surface area (TPSA) is 24.9 Å². The van der Waals surface area contributed by atoms with Crippen molar-refractivity contribution >= 4 is 21.7 Å². The number of rotatable bonds is 3. The molecule has 1 unspecified atom stereocenters. The number of hydrogen-bond acceptors (Lipinski definition) is 2. The average molecular weight is 313 g/mol. The molecule has 1 aromatic carbocycles. The van der Waals surface area contributed by atoms with E-state index < -0.39 is 5.82 Å². The molecule has 5 heteroatoms. The van der Waals surface area contributed by atoms with E-state index >= 15 is 0 Å². The summed E-state index contributed by atoms with van der Waals surface area (Å²) in [7, 11) is 0. The monoisotopic (exact) mass is 312 g/mol. The number of anilines is 1. The van der Waals surface area contributed by atoms with Gasteiger partial charge in [-0.15, -0.1) is 0 Å². The van der Waals surface area contributed by atoms with Gasteiger partial charge in [-0.05, 0) is 46.6 Å². The van der Waals surface area contributed by atoms with Crippen molar-refractivity contribution < 1.29 is 8.78 Å². The lowest BCUT2D eigenvalue weighted by atomic mass is 10.1. The third-order valence-electron chi connectivity index (χ3n) is 2.53. The Morgan fingerprint density at radius 3 is 2.50 bits per heavy atom. The van der Waals surface area contributed by atoms with Crippen LogP contribution in [0.1, 0.15) is 18.5 Å². The van der Waals surface area contributed by atoms with E-state index in [0.29, 0.717) is 4.47 Å². The molecule has 0 radical (unpaired) electrons. The first-order chi connectivity index (χ1) is 8.56. The number of hydrogen-bond donors (Lipinski definition) is 1. The fourth-order valence-electron chi connectivity index (χ4n) is 1.56. The Bertz CT molecular complexity index is 543. The van der Waals surface area contributed by atoms with Crippen molar-refractivity contribution in [1.29, 1.82) is 0 Å². The van der Waals surface area contributed by atoms with Crippen molar-refractivity contribution in [2.75, 3.05) is 5.32 Å². The van der Waals surface area contributed by atoms with Crippen molar-refractivity contribution in [2.45, 2.75) is 13.0 Å². The van der Waals surface area contributed by atoms with Crippen LogP contribution in [0.5, 0.6) is 0 Å². The molecule has 2 aromatic rings. The van der Waals surface area contributed by atoms with Gasteiger partial charge >= 0.3 is 0 Å². The maximum absolute atomic E-state index is 13.6. The highest BCUT2D eigenvalue weighted by molar-refractivity contribution is 9.10. The Morgan fingerprint density at radius 1 is 1.22 bits per heavy atom. The van der Waals surface area contributed by atoms with E-state index in [4.69, 9.17) is 0 Å². The Hall–Kier alpha value is -1.49. The van der Waals surface area contributed by atoms with Crippen molar-refractivity contribution in [3.05, 3.63) is 58.2 Å². The van der Waals surface area contributed by atoms with Crippen molar-refractivity contribution in [3.8, 4) is 0 Å². The highest BCUT2D eigenvalue weighted by Gasteiger charge is 2.10. The van der Waals surface area contributed by atoms with Crippen LogP contribution in [0.15, 0.2) is 41.0 Å². The van der Waals surface area contributed by atoms with Gasteiger partial charge in [0, 0.05) is 10.7 Å². The first-order valence-electron chi connectivity index (χ1n) is 5.39. The van der Waals surface area contributed by atoms with Crippen LogP contribution in [0, 0.1) is 11.6 Å². The minimum absolute atomic E-state index is 0.159. The normalized spacial score (nSPS) is 12.2. The summed E-state index contributed by atoms with van der Waals surface area (Å²) in [6.45, 7) is 1.86. The molecule has 0 aliphatic carbocycles. The number of pyridine rings is 1. The second-order valence-corrected chi connectivity index (χ2v) is 4.82. The van der Waals surface area contributed by atoms with Gasteiger partial charge in [0.15, 0.2) is 11.6 Å². The molecule has 0 spiro atoms. The van der Waals surface area contributed by atoms with Crippen LogP contribution in [0.4, 0.5) is 14.6 Å². The van der Waals surface area contributed by atoms with Gasteiger partial charge < -0.3 is 5.32 Å². The molecule has 0 bridgehead atoms. The molecule has 0 fully saturated rings. The van der Waals surface area contributed by atoms with E-state index in [-0.39, 0.29) is 17.7 Å².